The number of benzene rings is 4. The number of carbonyl (C=O) groups excluding carboxylic acids is 2. The Hall–Kier alpha value is -5.91. The highest BCUT2D eigenvalue weighted by Gasteiger charge is 2.19. The molecule has 0 radical (unpaired) electrons. The van der Waals surface area contributed by atoms with E-state index in [1.807, 2.05) is 59.2 Å². The second-order valence-electron chi connectivity index (χ2n) is 11.4. The zero-order chi connectivity index (χ0) is 36.6. The smallest absolute Gasteiger partial charge is 0.234 e. The van der Waals surface area contributed by atoms with E-state index >= 15 is 0 Å². The third-order valence-electron chi connectivity index (χ3n) is 8.03. The molecule has 6 rings (SSSR count). The zero-order valence-electron chi connectivity index (χ0n) is 28.6. The summed E-state index contributed by atoms with van der Waals surface area (Å²) in [7, 11) is 4.59. The van der Waals surface area contributed by atoms with Gasteiger partial charge >= 0.3 is 0 Å². The number of methoxy groups -OCH3 is 3. The Bertz CT molecular complexity index is 2260. The van der Waals surface area contributed by atoms with Gasteiger partial charge in [-0.15, -0.1) is 16.8 Å². The fourth-order valence-electron chi connectivity index (χ4n) is 5.53. The molecule has 2 heterocycles. The normalized spacial score (nSPS) is 11.1. The molecule has 0 saturated carbocycles. The van der Waals surface area contributed by atoms with Crippen LogP contribution < -0.4 is 19.5 Å². The van der Waals surface area contributed by atoms with Crippen molar-refractivity contribution in [3.05, 3.63) is 126 Å². The topological polar surface area (TPSA) is 117 Å². The zero-order valence-corrected chi connectivity index (χ0v) is 30.2. The SMILES string of the molecule is C=CCn1c(SCC(=O)Nc2ccc(C(=O)/C=C/c3cc(OC)c(OC)c(OC)c3)cc2)nnc1-c1cc(-c2ccc(Cl)cc2)nc2ccccc12. The summed E-state index contributed by atoms with van der Waals surface area (Å²) in [4.78, 5) is 30.8. The Labute approximate surface area is 310 Å². The highest BCUT2D eigenvalue weighted by molar-refractivity contribution is 7.99. The van der Waals surface area contributed by atoms with Gasteiger partial charge in [0.15, 0.2) is 28.3 Å². The molecule has 52 heavy (non-hydrogen) atoms. The van der Waals surface area contributed by atoms with E-state index in [1.165, 1.54) is 39.2 Å². The molecular formula is C40H34ClN5O5S. The molecule has 12 heteroatoms. The number of fused-ring (bicyclic) bond motifs is 1. The molecule has 0 aliphatic rings. The van der Waals surface area contributed by atoms with Gasteiger partial charge in [-0.3, -0.25) is 14.2 Å². The Morgan fingerprint density at radius 1 is 0.904 bits per heavy atom. The maximum atomic E-state index is 13.0. The fourth-order valence-corrected chi connectivity index (χ4v) is 6.40. The number of nitrogens with one attached hydrogen (secondary N) is 1. The molecule has 262 valence electrons. The van der Waals surface area contributed by atoms with Crippen LogP contribution in [0.3, 0.4) is 0 Å². The van der Waals surface area contributed by atoms with Crippen molar-refractivity contribution in [3.63, 3.8) is 0 Å². The summed E-state index contributed by atoms with van der Waals surface area (Å²) in [5, 5.41) is 14.0. The molecule has 1 N–H and O–H groups in total. The highest BCUT2D eigenvalue weighted by Crippen LogP contribution is 2.38. The highest BCUT2D eigenvalue weighted by atomic mass is 35.5. The van der Waals surface area contributed by atoms with E-state index in [0.717, 1.165) is 27.7 Å². The van der Waals surface area contributed by atoms with Crippen LogP contribution in [0.15, 0.2) is 115 Å². The number of aromatic nitrogens is 4. The average molecular weight is 732 g/mol. The largest absolute Gasteiger partial charge is 0.493 e. The van der Waals surface area contributed by atoms with Gasteiger partial charge in [0.1, 0.15) is 0 Å². The number of ketones is 1. The summed E-state index contributed by atoms with van der Waals surface area (Å²) in [5.74, 6) is 1.72. The van der Waals surface area contributed by atoms with Gasteiger partial charge in [-0.25, -0.2) is 4.98 Å². The van der Waals surface area contributed by atoms with E-state index in [-0.39, 0.29) is 17.4 Å². The van der Waals surface area contributed by atoms with Crippen LogP contribution in [0, 0.1) is 0 Å². The lowest BCUT2D eigenvalue weighted by Crippen LogP contribution is -2.14. The Morgan fingerprint density at radius 3 is 2.29 bits per heavy atom. The number of halogens is 1. The third kappa shape index (κ3) is 8.01. The molecule has 10 nitrogen and oxygen atoms in total. The van der Waals surface area contributed by atoms with Crippen LogP contribution in [0.2, 0.25) is 5.02 Å². The molecule has 1 amide bonds. The summed E-state index contributed by atoms with van der Waals surface area (Å²) in [5.41, 5.74) is 5.09. The van der Waals surface area contributed by atoms with Crippen molar-refractivity contribution in [3.8, 4) is 39.9 Å². The average Bonchev–Trinajstić information content (AvgIpc) is 3.57. The fraction of sp³-hybridized carbons (Fsp3) is 0.125. The molecule has 0 aliphatic carbocycles. The standard InChI is InChI=1S/C40H34ClN5O5S/c1-5-20-46-39(31-23-33(26-11-15-28(41)16-12-26)43-32-9-7-6-8-30(31)32)44-45-40(46)52-24-37(48)42-29-17-13-27(14-18-29)34(47)19-10-25-21-35(49-2)38(51-4)36(22-25)50-3/h5-19,21-23H,1,20,24H2,2-4H3,(H,42,48)/b19-10+. The van der Waals surface area contributed by atoms with Gasteiger partial charge in [0, 0.05) is 39.3 Å². The van der Waals surface area contributed by atoms with E-state index in [4.69, 9.17) is 30.8 Å². The van der Waals surface area contributed by atoms with Crippen LogP contribution in [0.4, 0.5) is 5.69 Å². The molecule has 4 aromatic carbocycles. The first-order chi connectivity index (χ1) is 25.3. The van der Waals surface area contributed by atoms with Crippen LogP contribution in [0.1, 0.15) is 15.9 Å². The predicted octanol–water partition coefficient (Wildman–Crippen LogP) is 8.65. The summed E-state index contributed by atoms with van der Waals surface area (Å²) >= 11 is 7.41. The molecule has 0 fully saturated rings. The van der Waals surface area contributed by atoms with Crippen LogP contribution in [-0.4, -0.2) is 58.5 Å². The number of nitrogens with zero attached hydrogens (tertiary/aromatic N) is 4. The van der Waals surface area contributed by atoms with Crippen molar-refractivity contribution in [2.45, 2.75) is 11.7 Å². The van der Waals surface area contributed by atoms with E-state index in [0.29, 0.717) is 56.6 Å². The maximum Gasteiger partial charge on any atom is 0.234 e. The monoisotopic (exact) mass is 731 g/mol. The van der Waals surface area contributed by atoms with Crippen LogP contribution in [0.25, 0.3) is 39.6 Å². The summed E-state index contributed by atoms with van der Waals surface area (Å²) in [6, 6.07) is 27.6. The molecule has 0 atom stereocenters. The van der Waals surface area contributed by atoms with E-state index < -0.39 is 0 Å². The number of rotatable bonds is 14. The number of para-hydroxylation sites is 1. The van der Waals surface area contributed by atoms with Gasteiger partial charge < -0.3 is 19.5 Å². The number of anilines is 1. The van der Waals surface area contributed by atoms with Gasteiger partial charge in [0.05, 0.1) is 38.3 Å². The van der Waals surface area contributed by atoms with Gasteiger partial charge in [-0.2, -0.15) is 0 Å². The number of thioether (sulfide) groups is 1. The number of amides is 1. The lowest BCUT2D eigenvalue weighted by Gasteiger charge is -2.12. The second kappa shape index (κ2) is 16.4. The number of hydrogen-bond donors (Lipinski definition) is 1. The first-order valence-corrected chi connectivity index (χ1v) is 17.4. The molecular weight excluding hydrogens is 698 g/mol. The molecule has 0 saturated heterocycles. The van der Waals surface area contributed by atoms with E-state index in [9.17, 15) is 9.59 Å². The van der Waals surface area contributed by atoms with Crippen molar-refractivity contribution >= 4 is 57.7 Å². The van der Waals surface area contributed by atoms with Crippen molar-refractivity contribution in [2.24, 2.45) is 0 Å². The van der Waals surface area contributed by atoms with Gasteiger partial charge in [-0.1, -0.05) is 65.8 Å². The molecule has 6 aromatic rings. The summed E-state index contributed by atoms with van der Waals surface area (Å²) in [6.45, 7) is 4.37. The molecule has 2 aromatic heterocycles. The number of hydrogen-bond acceptors (Lipinski definition) is 9. The third-order valence-corrected chi connectivity index (χ3v) is 9.24. The van der Waals surface area contributed by atoms with Crippen molar-refractivity contribution < 1.29 is 23.8 Å². The van der Waals surface area contributed by atoms with E-state index in [1.54, 1.807) is 48.6 Å². The second-order valence-corrected chi connectivity index (χ2v) is 12.7. The molecule has 0 unspecified atom stereocenters. The van der Waals surface area contributed by atoms with Gasteiger partial charge in [0.2, 0.25) is 11.7 Å². The van der Waals surface area contributed by atoms with Crippen LogP contribution >= 0.6 is 23.4 Å². The first kappa shape index (κ1) is 35.9. The quantitative estimate of drug-likeness (QED) is 0.0508. The lowest BCUT2D eigenvalue weighted by atomic mass is 10.0. The Morgan fingerprint density at radius 2 is 1.62 bits per heavy atom. The summed E-state index contributed by atoms with van der Waals surface area (Å²) < 4.78 is 18.1. The number of allylic oxidation sites excluding steroid dienone is 2. The number of carbonyl (C=O) groups is 2. The summed E-state index contributed by atoms with van der Waals surface area (Å²) in [6.07, 6.45) is 4.90. The molecule has 0 bridgehead atoms. The first-order valence-electron chi connectivity index (χ1n) is 16.1. The van der Waals surface area contributed by atoms with Crippen molar-refractivity contribution in [1.82, 2.24) is 19.7 Å². The van der Waals surface area contributed by atoms with Crippen LogP contribution in [0.5, 0.6) is 17.2 Å². The maximum absolute atomic E-state index is 13.0. The predicted molar refractivity (Wildman–Crippen MR) is 207 cm³/mol. The van der Waals surface area contributed by atoms with Crippen molar-refractivity contribution in [1.29, 1.82) is 0 Å². The molecule has 0 spiro atoms. The Kier molecular flexibility index (Phi) is 11.3. The van der Waals surface area contributed by atoms with Crippen LogP contribution in [-0.2, 0) is 11.3 Å². The number of pyridine rings is 1. The van der Waals surface area contributed by atoms with Crippen molar-refractivity contribution in [2.75, 3.05) is 32.4 Å². The van der Waals surface area contributed by atoms with E-state index in [2.05, 4.69) is 22.1 Å². The number of ether oxygens (including phenoxy) is 3. The minimum atomic E-state index is -0.236. The molecule has 0 aliphatic heterocycles. The Balaban J connectivity index is 1.14. The minimum Gasteiger partial charge on any atom is -0.493 e. The van der Waals surface area contributed by atoms with Gasteiger partial charge in [-0.05, 0) is 72.3 Å². The minimum absolute atomic E-state index is 0.0839. The lowest BCUT2D eigenvalue weighted by molar-refractivity contribution is -0.113. The van der Waals surface area contributed by atoms with Gasteiger partial charge in [0.25, 0.3) is 0 Å².